The molecule has 0 fully saturated rings. The van der Waals surface area contributed by atoms with Crippen LogP contribution in [0.4, 0.5) is 11.5 Å². The highest BCUT2D eigenvalue weighted by atomic mass is 35.5. The van der Waals surface area contributed by atoms with E-state index in [1.807, 2.05) is 43.3 Å². The lowest BCUT2D eigenvalue weighted by molar-refractivity contribution is 0.415. The molecule has 25 heavy (non-hydrogen) atoms. The average Bonchev–Trinajstić information content (AvgIpc) is 2.60. The summed E-state index contributed by atoms with van der Waals surface area (Å²) in [6.07, 6.45) is 0. The van der Waals surface area contributed by atoms with Gasteiger partial charge in [-0.1, -0.05) is 17.7 Å². The van der Waals surface area contributed by atoms with Crippen molar-refractivity contribution >= 4 is 51.3 Å². The number of nitrogens with one attached hydrogen (secondary N) is 3. The summed E-state index contributed by atoms with van der Waals surface area (Å²) in [6.45, 7) is 2.02. The molecule has 0 aliphatic carbocycles. The van der Waals surface area contributed by atoms with Gasteiger partial charge < -0.3 is 10.1 Å². The number of benzene rings is 2. The van der Waals surface area contributed by atoms with Crippen LogP contribution in [-0.2, 0) is 0 Å². The number of pyridine rings is 1. The van der Waals surface area contributed by atoms with E-state index in [1.54, 1.807) is 19.2 Å². The van der Waals surface area contributed by atoms with Crippen molar-refractivity contribution in [1.29, 1.82) is 0 Å². The SMILES string of the molecule is COc1ccc2nc(NNC(=S)Nc3cccc(Cl)c3)cc(C)c2c1. The van der Waals surface area contributed by atoms with Crippen molar-refractivity contribution < 1.29 is 4.74 Å². The van der Waals surface area contributed by atoms with Gasteiger partial charge in [0, 0.05) is 16.1 Å². The maximum absolute atomic E-state index is 5.96. The predicted molar refractivity (Wildman–Crippen MR) is 107 cm³/mol. The topological polar surface area (TPSA) is 58.2 Å². The molecule has 0 saturated carbocycles. The van der Waals surface area contributed by atoms with E-state index in [0.717, 1.165) is 27.9 Å². The van der Waals surface area contributed by atoms with Crippen LogP contribution in [0.3, 0.4) is 0 Å². The molecule has 0 atom stereocenters. The van der Waals surface area contributed by atoms with E-state index in [0.29, 0.717) is 16.0 Å². The highest BCUT2D eigenvalue weighted by Crippen LogP contribution is 2.24. The van der Waals surface area contributed by atoms with Crippen LogP contribution in [0, 0.1) is 6.92 Å². The highest BCUT2D eigenvalue weighted by molar-refractivity contribution is 7.80. The Bertz CT molecular complexity index is 932. The summed E-state index contributed by atoms with van der Waals surface area (Å²) in [5, 5.41) is 5.15. The summed E-state index contributed by atoms with van der Waals surface area (Å²) in [5.41, 5.74) is 8.70. The second-order valence-electron chi connectivity index (χ2n) is 5.42. The molecule has 1 heterocycles. The first kappa shape index (κ1) is 17.3. The number of hydrazine groups is 1. The zero-order valence-electron chi connectivity index (χ0n) is 13.8. The second-order valence-corrected chi connectivity index (χ2v) is 6.27. The zero-order valence-corrected chi connectivity index (χ0v) is 15.3. The fourth-order valence-corrected chi connectivity index (χ4v) is 2.77. The van der Waals surface area contributed by atoms with E-state index < -0.39 is 0 Å². The van der Waals surface area contributed by atoms with Gasteiger partial charge in [-0.05, 0) is 67.2 Å². The van der Waals surface area contributed by atoms with Gasteiger partial charge in [0.15, 0.2) is 5.11 Å². The smallest absolute Gasteiger partial charge is 0.189 e. The minimum absolute atomic E-state index is 0.413. The van der Waals surface area contributed by atoms with Gasteiger partial charge in [-0.15, -0.1) is 0 Å². The lowest BCUT2D eigenvalue weighted by Crippen LogP contribution is -2.33. The van der Waals surface area contributed by atoms with Gasteiger partial charge in [0.2, 0.25) is 0 Å². The minimum atomic E-state index is 0.413. The fraction of sp³-hybridized carbons (Fsp3) is 0.111. The number of aromatic nitrogens is 1. The number of nitrogens with zero attached hydrogens (tertiary/aromatic N) is 1. The van der Waals surface area contributed by atoms with E-state index in [2.05, 4.69) is 21.2 Å². The quantitative estimate of drug-likeness (QED) is 0.462. The predicted octanol–water partition coefficient (Wildman–Crippen LogP) is 4.52. The molecule has 7 heteroatoms. The van der Waals surface area contributed by atoms with Gasteiger partial charge in [0.05, 0.1) is 12.6 Å². The molecule has 3 N–H and O–H groups in total. The number of hydrogen-bond acceptors (Lipinski definition) is 4. The zero-order chi connectivity index (χ0) is 17.8. The summed E-state index contributed by atoms with van der Waals surface area (Å²) >= 11 is 11.2. The van der Waals surface area contributed by atoms with Crippen molar-refractivity contribution in [2.45, 2.75) is 6.92 Å². The largest absolute Gasteiger partial charge is 0.497 e. The molecule has 0 saturated heterocycles. The first-order valence-corrected chi connectivity index (χ1v) is 8.38. The number of aryl methyl sites for hydroxylation is 1. The van der Waals surface area contributed by atoms with E-state index >= 15 is 0 Å². The molecule has 3 rings (SSSR count). The Labute approximate surface area is 156 Å². The highest BCUT2D eigenvalue weighted by Gasteiger charge is 2.05. The van der Waals surface area contributed by atoms with Crippen LogP contribution in [0.5, 0.6) is 5.75 Å². The number of thiocarbonyl (C=S) groups is 1. The molecule has 0 unspecified atom stereocenters. The number of rotatable bonds is 4. The summed E-state index contributed by atoms with van der Waals surface area (Å²) in [4.78, 5) is 4.57. The van der Waals surface area contributed by atoms with Crippen LogP contribution in [0.25, 0.3) is 10.9 Å². The van der Waals surface area contributed by atoms with Crippen LogP contribution in [0.15, 0.2) is 48.5 Å². The molecule has 5 nitrogen and oxygen atoms in total. The first-order valence-electron chi connectivity index (χ1n) is 7.59. The molecule has 0 spiro atoms. The molecule has 128 valence electrons. The van der Waals surface area contributed by atoms with Gasteiger partial charge in [-0.2, -0.15) is 0 Å². The molecule has 3 aromatic rings. The number of methoxy groups -OCH3 is 1. The fourth-order valence-electron chi connectivity index (χ4n) is 2.41. The minimum Gasteiger partial charge on any atom is -0.497 e. The van der Waals surface area contributed by atoms with Crippen LogP contribution < -0.4 is 20.9 Å². The van der Waals surface area contributed by atoms with E-state index in [9.17, 15) is 0 Å². The Balaban J connectivity index is 1.69. The van der Waals surface area contributed by atoms with Gasteiger partial charge in [0.25, 0.3) is 0 Å². The third kappa shape index (κ3) is 4.29. The van der Waals surface area contributed by atoms with Crippen molar-refractivity contribution in [3.05, 3.63) is 59.1 Å². The Morgan fingerprint density at radius 3 is 2.76 bits per heavy atom. The van der Waals surface area contributed by atoms with Gasteiger partial charge in [-0.3, -0.25) is 10.9 Å². The first-order chi connectivity index (χ1) is 12.0. The number of halogens is 1. The molecule has 0 aliphatic heterocycles. The Morgan fingerprint density at radius 2 is 2.00 bits per heavy atom. The molecular weight excluding hydrogens is 356 g/mol. The maximum Gasteiger partial charge on any atom is 0.189 e. The number of hydrogen-bond donors (Lipinski definition) is 3. The van der Waals surface area contributed by atoms with Crippen LogP contribution in [-0.4, -0.2) is 17.2 Å². The molecule has 0 amide bonds. The summed E-state index contributed by atoms with van der Waals surface area (Å²) in [7, 11) is 1.65. The van der Waals surface area contributed by atoms with Crippen molar-refractivity contribution in [2.24, 2.45) is 0 Å². The molecule has 1 aromatic heterocycles. The maximum atomic E-state index is 5.96. The third-order valence-corrected chi connectivity index (χ3v) is 4.05. The van der Waals surface area contributed by atoms with Crippen molar-refractivity contribution in [3.63, 3.8) is 0 Å². The monoisotopic (exact) mass is 372 g/mol. The van der Waals surface area contributed by atoms with Crippen molar-refractivity contribution in [3.8, 4) is 5.75 Å². The molecule has 2 aromatic carbocycles. The second kappa shape index (κ2) is 7.55. The molecule has 0 bridgehead atoms. The summed E-state index contributed by atoms with van der Waals surface area (Å²) in [6, 6.07) is 15.1. The summed E-state index contributed by atoms with van der Waals surface area (Å²) in [5.74, 6) is 1.48. The Morgan fingerprint density at radius 1 is 1.16 bits per heavy atom. The van der Waals surface area contributed by atoms with Gasteiger partial charge in [-0.25, -0.2) is 4.98 Å². The van der Waals surface area contributed by atoms with Gasteiger partial charge in [0.1, 0.15) is 11.6 Å². The van der Waals surface area contributed by atoms with Crippen LogP contribution in [0.2, 0.25) is 5.02 Å². The lowest BCUT2D eigenvalue weighted by atomic mass is 10.1. The molecular formula is C18H17ClN4OS. The molecule has 0 radical (unpaired) electrons. The van der Waals surface area contributed by atoms with Crippen molar-refractivity contribution in [2.75, 3.05) is 17.9 Å². The number of fused-ring (bicyclic) bond motifs is 1. The van der Waals surface area contributed by atoms with E-state index in [1.165, 1.54) is 0 Å². The Hall–Kier alpha value is -2.57. The summed E-state index contributed by atoms with van der Waals surface area (Å²) < 4.78 is 5.26. The number of ether oxygens (including phenoxy) is 1. The number of anilines is 2. The molecule has 0 aliphatic rings. The van der Waals surface area contributed by atoms with Crippen molar-refractivity contribution in [1.82, 2.24) is 10.4 Å². The Kier molecular flexibility index (Phi) is 5.21. The van der Waals surface area contributed by atoms with Crippen LogP contribution >= 0.6 is 23.8 Å². The van der Waals surface area contributed by atoms with Crippen LogP contribution in [0.1, 0.15) is 5.56 Å². The third-order valence-electron chi connectivity index (χ3n) is 3.61. The lowest BCUT2D eigenvalue weighted by Gasteiger charge is -2.13. The normalized spacial score (nSPS) is 10.4. The van der Waals surface area contributed by atoms with E-state index in [4.69, 9.17) is 28.6 Å². The van der Waals surface area contributed by atoms with Gasteiger partial charge >= 0.3 is 0 Å². The average molecular weight is 373 g/mol. The van der Waals surface area contributed by atoms with E-state index in [-0.39, 0.29) is 0 Å². The standard InChI is InChI=1S/C18H17ClN4OS/c1-11-8-17(21-16-7-6-14(24-2)10-15(11)16)22-23-18(25)20-13-5-3-4-12(19)9-13/h3-10H,1-2H3,(H,21,22)(H2,20,23,25).